The number of rotatable bonds is 4. The Bertz CT molecular complexity index is 3470. The Morgan fingerprint density at radius 1 is 0.322 bits per heavy atom. The van der Waals surface area contributed by atoms with Gasteiger partial charge in [-0.15, -0.1) is 11.3 Å². The third-order valence-electron chi connectivity index (χ3n) is 13.0. The Hall–Kier alpha value is -7.26. The fraction of sp³-hybridized carbons (Fsp3) is 0.0175. The molecule has 0 N–H and O–H groups in total. The van der Waals surface area contributed by atoms with Gasteiger partial charge in [-0.05, 0) is 132 Å². The lowest BCUT2D eigenvalue weighted by Gasteiger charge is -2.30. The van der Waals surface area contributed by atoms with E-state index in [0.29, 0.717) is 0 Å². The summed E-state index contributed by atoms with van der Waals surface area (Å²) >= 11 is 1.87. The predicted octanol–water partition coefficient (Wildman–Crippen LogP) is 15.8. The van der Waals surface area contributed by atoms with E-state index >= 15 is 0 Å². The average molecular weight is 766 g/mol. The molecule has 0 radical (unpaired) electrons. The fourth-order valence-corrected chi connectivity index (χ4v) is 11.7. The molecule has 0 saturated heterocycles. The Morgan fingerprint density at radius 3 is 1.69 bits per heavy atom. The van der Waals surface area contributed by atoms with Crippen molar-refractivity contribution in [3.05, 3.63) is 235 Å². The van der Waals surface area contributed by atoms with Gasteiger partial charge in [0.2, 0.25) is 0 Å². The summed E-state index contributed by atoms with van der Waals surface area (Å²) in [4.78, 5) is 2.39. The molecular formula is C57H35NS. The monoisotopic (exact) mass is 765 g/mol. The summed E-state index contributed by atoms with van der Waals surface area (Å²) in [6.45, 7) is 0. The van der Waals surface area contributed by atoms with Gasteiger partial charge in [0.15, 0.2) is 0 Å². The van der Waals surface area contributed by atoms with Crippen molar-refractivity contribution in [3.8, 4) is 33.4 Å². The summed E-state index contributed by atoms with van der Waals surface area (Å²) in [5.41, 5.74) is 16.4. The van der Waals surface area contributed by atoms with Gasteiger partial charge in [-0.3, -0.25) is 0 Å². The molecule has 11 aromatic rings. The minimum absolute atomic E-state index is 0.351. The zero-order valence-corrected chi connectivity index (χ0v) is 32.9. The van der Waals surface area contributed by atoms with Crippen molar-refractivity contribution in [1.29, 1.82) is 0 Å². The maximum atomic E-state index is 2.44. The van der Waals surface area contributed by atoms with Crippen LogP contribution in [0.3, 0.4) is 0 Å². The van der Waals surface area contributed by atoms with Gasteiger partial charge in [-0.1, -0.05) is 158 Å². The van der Waals surface area contributed by atoms with E-state index in [4.69, 9.17) is 0 Å². The molecule has 0 amide bonds. The molecule has 274 valence electrons. The van der Waals surface area contributed by atoms with Crippen molar-refractivity contribution >= 4 is 70.1 Å². The van der Waals surface area contributed by atoms with Crippen molar-refractivity contribution in [2.24, 2.45) is 0 Å². The zero-order valence-electron chi connectivity index (χ0n) is 32.1. The van der Waals surface area contributed by atoms with Gasteiger partial charge in [0.05, 0.1) is 5.41 Å². The first-order valence-corrected chi connectivity index (χ1v) is 21.2. The second-order valence-electron chi connectivity index (χ2n) is 16.0. The van der Waals surface area contributed by atoms with E-state index in [1.54, 1.807) is 0 Å². The van der Waals surface area contributed by atoms with Gasteiger partial charge in [0, 0.05) is 37.2 Å². The number of para-hydroxylation sites is 1. The van der Waals surface area contributed by atoms with Crippen molar-refractivity contribution in [3.63, 3.8) is 0 Å². The summed E-state index contributed by atoms with van der Waals surface area (Å²) in [5.74, 6) is 0. The lowest BCUT2D eigenvalue weighted by molar-refractivity contribution is 0.794. The van der Waals surface area contributed by atoms with Gasteiger partial charge in [0.1, 0.15) is 0 Å². The molecule has 0 fully saturated rings. The number of anilines is 3. The van der Waals surface area contributed by atoms with Crippen molar-refractivity contribution in [2.75, 3.05) is 4.90 Å². The minimum atomic E-state index is -0.351. The highest BCUT2D eigenvalue weighted by atomic mass is 32.1. The number of fused-ring (bicyclic) bond motifs is 16. The van der Waals surface area contributed by atoms with Crippen LogP contribution in [0.2, 0.25) is 0 Å². The van der Waals surface area contributed by atoms with E-state index in [2.05, 4.69) is 217 Å². The van der Waals surface area contributed by atoms with Crippen LogP contribution in [0.25, 0.3) is 75.1 Å². The lowest BCUT2D eigenvalue weighted by Crippen LogP contribution is -2.25. The van der Waals surface area contributed by atoms with Crippen LogP contribution in [-0.4, -0.2) is 0 Å². The maximum absolute atomic E-state index is 2.44. The van der Waals surface area contributed by atoms with Crippen LogP contribution in [0.15, 0.2) is 212 Å². The molecule has 2 aliphatic carbocycles. The number of benzene rings is 10. The average Bonchev–Trinajstić information content (AvgIpc) is 3.93. The zero-order chi connectivity index (χ0) is 38.7. The quantitative estimate of drug-likeness (QED) is 0.172. The molecular weight excluding hydrogens is 731 g/mol. The summed E-state index contributed by atoms with van der Waals surface area (Å²) in [6.07, 6.45) is 0. The fourth-order valence-electron chi connectivity index (χ4n) is 10.6. The molecule has 1 nitrogen and oxygen atoms in total. The van der Waals surface area contributed by atoms with Gasteiger partial charge in [0.25, 0.3) is 0 Å². The summed E-state index contributed by atoms with van der Waals surface area (Å²) in [5, 5.41) is 7.63. The number of thiophene rings is 1. The first-order chi connectivity index (χ1) is 29.3. The van der Waals surface area contributed by atoms with E-state index in [1.807, 2.05) is 11.3 Å². The third-order valence-corrected chi connectivity index (χ3v) is 14.2. The Labute approximate surface area is 346 Å². The van der Waals surface area contributed by atoms with E-state index in [0.717, 1.165) is 17.1 Å². The number of hydrogen-bond acceptors (Lipinski definition) is 2. The van der Waals surface area contributed by atoms with Crippen LogP contribution < -0.4 is 4.90 Å². The summed E-state index contributed by atoms with van der Waals surface area (Å²) < 4.78 is 2.59. The van der Waals surface area contributed by atoms with Crippen LogP contribution in [0.5, 0.6) is 0 Å². The van der Waals surface area contributed by atoms with E-state index in [-0.39, 0.29) is 5.41 Å². The Morgan fingerprint density at radius 2 is 0.915 bits per heavy atom. The van der Waals surface area contributed by atoms with Crippen molar-refractivity contribution < 1.29 is 0 Å². The molecule has 0 bridgehead atoms. The molecule has 1 aromatic heterocycles. The molecule has 0 unspecified atom stereocenters. The third kappa shape index (κ3) is 4.55. The van der Waals surface area contributed by atoms with E-state index in [9.17, 15) is 0 Å². The van der Waals surface area contributed by atoms with Crippen LogP contribution in [0, 0.1) is 0 Å². The molecule has 59 heavy (non-hydrogen) atoms. The normalized spacial score (nSPS) is 13.2. The molecule has 2 aliphatic rings. The molecule has 1 spiro atoms. The highest BCUT2D eigenvalue weighted by Crippen LogP contribution is 2.64. The predicted molar refractivity (Wildman–Crippen MR) is 251 cm³/mol. The van der Waals surface area contributed by atoms with Crippen LogP contribution in [-0.2, 0) is 5.41 Å². The Balaban J connectivity index is 0.991. The second-order valence-corrected chi connectivity index (χ2v) is 17.1. The van der Waals surface area contributed by atoms with Gasteiger partial charge in [-0.25, -0.2) is 0 Å². The van der Waals surface area contributed by atoms with Crippen molar-refractivity contribution in [2.45, 2.75) is 5.41 Å². The van der Waals surface area contributed by atoms with Gasteiger partial charge >= 0.3 is 0 Å². The second kappa shape index (κ2) is 12.4. The SMILES string of the molecule is c1ccc(N(c2ccc3ccccc3c2)c2ccc3sc4ccc(-c5cccc6c7c(ccc56)C5(c6ccccc6-c6ccccc65)c5ccccc5-7)cc4c3c2)cc1. The van der Waals surface area contributed by atoms with Gasteiger partial charge in [-0.2, -0.15) is 0 Å². The molecule has 10 aromatic carbocycles. The smallest absolute Gasteiger partial charge is 0.0725 e. The van der Waals surface area contributed by atoms with Crippen LogP contribution in [0.1, 0.15) is 22.3 Å². The molecule has 0 saturated carbocycles. The maximum Gasteiger partial charge on any atom is 0.0725 e. The largest absolute Gasteiger partial charge is 0.310 e. The van der Waals surface area contributed by atoms with E-state index < -0.39 is 0 Å². The standard InChI is InChI=1S/C57H35NS/c1-2-15-39(16-3-1)58(40-27-25-36-13-4-5-14-37(36)33-40)41-28-32-55-49(35-41)48-34-38(26-31-54(48)59-55)42-20-12-21-46-43(42)29-30-53-56(46)47-19-8-11-24-52(47)57(53)50-22-9-6-17-44(50)45-18-7-10-23-51(45)57/h1-35H. The van der Waals surface area contributed by atoms with Crippen LogP contribution in [0.4, 0.5) is 17.1 Å². The first-order valence-electron chi connectivity index (χ1n) is 20.4. The van der Waals surface area contributed by atoms with Crippen LogP contribution >= 0.6 is 11.3 Å². The Kier molecular flexibility index (Phi) is 6.87. The minimum Gasteiger partial charge on any atom is -0.310 e. The summed E-state index contributed by atoms with van der Waals surface area (Å²) in [7, 11) is 0. The van der Waals surface area contributed by atoms with Crippen molar-refractivity contribution in [1.82, 2.24) is 0 Å². The molecule has 0 atom stereocenters. The number of hydrogen-bond donors (Lipinski definition) is 0. The lowest BCUT2D eigenvalue weighted by atomic mass is 9.70. The highest BCUT2D eigenvalue weighted by Gasteiger charge is 2.51. The first kappa shape index (κ1) is 32.8. The topological polar surface area (TPSA) is 3.24 Å². The molecule has 2 heteroatoms. The highest BCUT2D eigenvalue weighted by molar-refractivity contribution is 7.25. The molecule has 0 aliphatic heterocycles. The molecule has 13 rings (SSSR count). The summed E-state index contributed by atoms with van der Waals surface area (Å²) in [6, 6.07) is 79.2. The van der Waals surface area contributed by atoms with Gasteiger partial charge < -0.3 is 4.90 Å². The number of nitrogens with zero attached hydrogens (tertiary/aromatic N) is 1. The van der Waals surface area contributed by atoms with E-state index in [1.165, 1.54) is 97.4 Å². The molecule has 1 heterocycles.